The minimum Gasteiger partial charge on any atom is -0.351 e. The molecular weight excluding hydrogens is 338 g/mol. The van der Waals surface area contributed by atoms with Crippen LogP contribution >= 0.6 is 0 Å². The molecule has 0 aliphatic carbocycles. The summed E-state index contributed by atoms with van der Waals surface area (Å²) < 4.78 is 26.7. The van der Waals surface area contributed by atoms with Gasteiger partial charge in [-0.05, 0) is 43.5 Å². The number of nitrogens with zero attached hydrogens (tertiary/aromatic N) is 2. The molecule has 0 radical (unpaired) electrons. The van der Waals surface area contributed by atoms with Crippen molar-refractivity contribution in [2.75, 3.05) is 13.6 Å². The number of nitrogens with one attached hydrogen (secondary N) is 1. The van der Waals surface area contributed by atoms with Crippen molar-refractivity contribution < 1.29 is 13.2 Å². The average molecular weight is 361 g/mol. The largest absolute Gasteiger partial charge is 0.351 e. The molecule has 0 saturated heterocycles. The van der Waals surface area contributed by atoms with Crippen molar-refractivity contribution >= 4 is 15.9 Å². The number of sulfonamides is 1. The van der Waals surface area contributed by atoms with Gasteiger partial charge in [0.05, 0.1) is 11.4 Å². The van der Waals surface area contributed by atoms with E-state index in [1.807, 2.05) is 25.1 Å². The first kappa shape index (κ1) is 19.1. The monoisotopic (exact) mass is 361 g/mol. The number of carbonyl (C=O) groups is 1. The molecule has 1 N–H and O–H groups in total. The van der Waals surface area contributed by atoms with Crippen molar-refractivity contribution in [3.8, 4) is 0 Å². The summed E-state index contributed by atoms with van der Waals surface area (Å²) in [6.45, 7) is 5.52. The van der Waals surface area contributed by atoms with Gasteiger partial charge < -0.3 is 5.32 Å². The predicted octanol–water partition coefficient (Wildman–Crippen LogP) is 1.94. The minimum atomic E-state index is -3.73. The predicted molar refractivity (Wildman–Crippen MR) is 96.6 cm³/mol. The molecule has 0 aliphatic rings. The molecule has 1 aromatic carbocycles. The van der Waals surface area contributed by atoms with E-state index in [1.165, 1.54) is 7.05 Å². The van der Waals surface area contributed by atoms with Gasteiger partial charge in [0.1, 0.15) is 0 Å². The van der Waals surface area contributed by atoms with Gasteiger partial charge in [0.2, 0.25) is 15.9 Å². The van der Waals surface area contributed by atoms with E-state index in [-0.39, 0.29) is 17.3 Å². The van der Waals surface area contributed by atoms with Gasteiger partial charge in [-0.1, -0.05) is 23.8 Å². The van der Waals surface area contributed by atoms with E-state index in [0.717, 1.165) is 15.4 Å². The first-order valence-corrected chi connectivity index (χ1v) is 9.35. The zero-order valence-electron chi connectivity index (χ0n) is 14.9. The zero-order chi connectivity index (χ0) is 18.6. The highest BCUT2D eigenvalue weighted by atomic mass is 32.2. The van der Waals surface area contributed by atoms with Crippen molar-refractivity contribution in [2.45, 2.75) is 32.2 Å². The Labute approximate surface area is 148 Å². The molecule has 1 aromatic heterocycles. The third-order valence-electron chi connectivity index (χ3n) is 3.85. The number of benzene rings is 1. The minimum absolute atomic E-state index is 0.241. The van der Waals surface area contributed by atoms with E-state index >= 15 is 0 Å². The number of hydrogen-bond acceptors (Lipinski definition) is 4. The highest BCUT2D eigenvalue weighted by molar-refractivity contribution is 7.89. The quantitative estimate of drug-likeness (QED) is 0.853. The summed E-state index contributed by atoms with van der Waals surface area (Å²) in [6, 6.07) is 7.28. The van der Waals surface area contributed by atoms with Gasteiger partial charge in [-0.2, -0.15) is 4.31 Å². The Morgan fingerprint density at radius 1 is 1.20 bits per heavy atom. The standard InChI is InChI=1S/C18H23N3O3S/c1-13-8-14(2)18(15(3)9-13)25(23,24)21(4)12-17(22)20-11-16-6-5-7-19-10-16/h5-10H,11-12H2,1-4H3,(H,20,22). The number of aromatic nitrogens is 1. The topological polar surface area (TPSA) is 79.4 Å². The Bertz CT molecular complexity index is 841. The molecule has 1 amide bonds. The van der Waals surface area contributed by atoms with E-state index in [0.29, 0.717) is 17.7 Å². The van der Waals surface area contributed by atoms with Crippen LogP contribution in [0.3, 0.4) is 0 Å². The van der Waals surface area contributed by atoms with Crippen LogP contribution in [0.4, 0.5) is 0 Å². The number of likely N-dealkylation sites (N-methyl/N-ethyl adjacent to an activating group) is 1. The van der Waals surface area contributed by atoms with Crippen LogP contribution in [0.25, 0.3) is 0 Å². The summed E-state index contributed by atoms with van der Waals surface area (Å²) in [4.78, 5) is 16.3. The van der Waals surface area contributed by atoms with Gasteiger partial charge >= 0.3 is 0 Å². The van der Waals surface area contributed by atoms with Gasteiger partial charge in [-0.15, -0.1) is 0 Å². The van der Waals surface area contributed by atoms with Gasteiger partial charge in [-0.3, -0.25) is 9.78 Å². The van der Waals surface area contributed by atoms with Crippen LogP contribution in [0.2, 0.25) is 0 Å². The van der Waals surface area contributed by atoms with Crippen molar-refractivity contribution in [2.24, 2.45) is 0 Å². The lowest BCUT2D eigenvalue weighted by Gasteiger charge is -2.20. The fourth-order valence-electron chi connectivity index (χ4n) is 2.78. The Morgan fingerprint density at radius 2 is 1.84 bits per heavy atom. The summed E-state index contributed by atoms with van der Waals surface area (Å²) in [5, 5.41) is 2.71. The molecule has 2 aromatic rings. The fraction of sp³-hybridized carbons (Fsp3) is 0.333. The van der Waals surface area contributed by atoms with Crippen molar-refractivity contribution in [3.05, 3.63) is 58.9 Å². The fourth-order valence-corrected chi connectivity index (χ4v) is 4.31. The smallest absolute Gasteiger partial charge is 0.243 e. The summed E-state index contributed by atoms with van der Waals surface area (Å²) in [5.74, 6) is -0.364. The molecule has 25 heavy (non-hydrogen) atoms. The molecule has 0 unspecified atom stereocenters. The number of amides is 1. The van der Waals surface area contributed by atoms with Crippen LogP contribution in [0.15, 0.2) is 41.6 Å². The molecule has 134 valence electrons. The summed E-state index contributed by atoms with van der Waals surface area (Å²) in [5.41, 5.74) is 3.22. The summed E-state index contributed by atoms with van der Waals surface area (Å²) >= 11 is 0. The van der Waals surface area contributed by atoms with E-state index in [2.05, 4.69) is 10.3 Å². The van der Waals surface area contributed by atoms with Crippen LogP contribution < -0.4 is 5.32 Å². The molecule has 0 spiro atoms. The molecule has 6 nitrogen and oxygen atoms in total. The Morgan fingerprint density at radius 3 is 2.40 bits per heavy atom. The van der Waals surface area contributed by atoms with E-state index in [4.69, 9.17) is 0 Å². The van der Waals surface area contributed by atoms with Crippen LogP contribution in [0.1, 0.15) is 22.3 Å². The maximum atomic E-state index is 12.8. The number of hydrogen-bond donors (Lipinski definition) is 1. The molecule has 7 heteroatoms. The first-order chi connectivity index (χ1) is 11.7. The number of rotatable bonds is 6. The Hall–Kier alpha value is -2.25. The highest BCUT2D eigenvalue weighted by Crippen LogP contribution is 2.24. The SMILES string of the molecule is Cc1cc(C)c(S(=O)(=O)N(C)CC(=O)NCc2cccnc2)c(C)c1. The van der Waals surface area contributed by atoms with Gasteiger partial charge in [0.25, 0.3) is 0 Å². The highest BCUT2D eigenvalue weighted by Gasteiger charge is 2.26. The molecule has 0 bridgehead atoms. The second-order valence-electron chi connectivity index (χ2n) is 6.13. The zero-order valence-corrected chi connectivity index (χ0v) is 15.7. The normalized spacial score (nSPS) is 11.6. The molecule has 1 heterocycles. The average Bonchev–Trinajstić information content (AvgIpc) is 2.52. The molecule has 2 rings (SSSR count). The van der Waals surface area contributed by atoms with Gasteiger partial charge in [0, 0.05) is 26.0 Å². The number of pyridine rings is 1. The van der Waals surface area contributed by atoms with Crippen LogP contribution in [-0.2, 0) is 21.4 Å². The molecular formula is C18H23N3O3S. The van der Waals surface area contributed by atoms with Crippen LogP contribution in [-0.4, -0.2) is 37.2 Å². The second kappa shape index (κ2) is 7.76. The molecule has 0 saturated carbocycles. The molecule has 0 fully saturated rings. The van der Waals surface area contributed by atoms with Crippen molar-refractivity contribution in [1.29, 1.82) is 0 Å². The van der Waals surface area contributed by atoms with E-state index in [1.54, 1.807) is 32.3 Å². The number of carbonyl (C=O) groups excluding carboxylic acids is 1. The van der Waals surface area contributed by atoms with Crippen LogP contribution in [0.5, 0.6) is 0 Å². The number of aryl methyl sites for hydroxylation is 3. The summed E-state index contributed by atoms with van der Waals surface area (Å²) in [6.07, 6.45) is 3.30. The second-order valence-corrected chi connectivity index (χ2v) is 8.11. The first-order valence-electron chi connectivity index (χ1n) is 7.91. The van der Waals surface area contributed by atoms with Crippen LogP contribution in [0, 0.1) is 20.8 Å². The van der Waals surface area contributed by atoms with Gasteiger partial charge in [-0.25, -0.2) is 8.42 Å². The van der Waals surface area contributed by atoms with E-state index < -0.39 is 10.0 Å². The Balaban J connectivity index is 2.09. The third kappa shape index (κ3) is 4.64. The van der Waals surface area contributed by atoms with Crippen molar-refractivity contribution in [1.82, 2.24) is 14.6 Å². The lowest BCUT2D eigenvalue weighted by molar-refractivity contribution is -0.121. The lowest BCUT2D eigenvalue weighted by Crippen LogP contribution is -2.38. The Kier molecular flexibility index (Phi) is 5.92. The maximum Gasteiger partial charge on any atom is 0.243 e. The lowest BCUT2D eigenvalue weighted by atomic mass is 10.1. The maximum absolute atomic E-state index is 12.8. The van der Waals surface area contributed by atoms with Gasteiger partial charge in [0.15, 0.2) is 0 Å². The summed E-state index contributed by atoms with van der Waals surface area (Å²) in [7, 11) is -2.32. The molecule has 0 aliphatic heterocycles. The van der Waals surface area contributed by atoms with Crippen molar-refractivity contribution in [3.63, 3.8) is 0 Å². The molecule has 0 atom stereocenters. The van der Waals surface area contributed by atoms with E-state index in [9.17, 15) is 13.2 Å². The third-order valence-corrected chi connectivity index (χ3v) is 5.96.